The zero-order chi connectivity index (χ0) is 25.0. The number of nitriles is 1. The second-order valence-electron chi connectivity index (χ2n) is 8.08. The molecule has 0 unspecified atom stereocenters. The van der Waals surface area contributed by atoms with Gasteiger partial charge in [0.15, 0.2) is 0 Å². The molecule has 0 atom stereocenters. The van der Waals surface area contributed by atoms with E-state index in [4.69, 9.17) is 9.47 Å². The lowest BCUT2D eigenvalue weighted by Crippen LogP contribution is -2.37. The number of esters is 1. The zero-order valence-electron chi connectivity index (χ0n) is 19.8. The van der Waals surface area contributed by atoms with Crippen LogP contribution in [0, 0.1) is 11.3 Å². The van der Waals surface area contributed by atoms with E-state index in [-0.39, 0.29) is 17.1 Å². The molecule has 10 heteroatoms. The van der Waals surface area contributed by atoms with E-state index in [0.29, 0.717) is 56.2 Å². The Balaban J connectivity index is 1.68. The fraction of sp³-hybridized carbons (Fsp3) is 0.360. The van der Waals surface area contributed by atoms with Gasteiger partial charge in [0.05, 0.1) is 40.4 Å². The van der Waals surface area contributed by atoms with Gasteiger partial charge in [0.1, 0.15) is 12.7 Å². The molecule has 1 saturated heterocycles. The smallest absolute Gasteiger partial charge is 0.340 e. The van der Waals surface area contributed by atoms with Crippen LogP contribution in [0.25, 0.3) is 5.52 Å². The zero-order valence-corrected chi connectivity index (χ0v) is 20.6. The van der Waals surface area contributed by atoms with Crippen molar-refractivity contribution >= 4 is 27.2 Å². The third kappa shape index (κ3) is 4.89. The minimum atomic E-state index is -3.76. The summed E-state index contributed by atoms with van der Waals surface area (Å²) >= 11 is 0. The molecular formula is C25H28N4O5S. The molecule has 1 aliphatic heterocycles. The van der Waals surface area contributed by atoms with Crippen LogP contribution in [0.1, 0.15) is 35.3 Å². The van der Waals surface area contributed by atoms with Gasteiger partial charge in [-0.15, -0.1) is 0 Å². The molecule has 0 saturated carbocycles. The minimum absolute atomic E-state index is 0.0393. The first kappa shape index (κ1) is 24.7. The quantitative estimate of drug-likeness (QED) is 0.442. The van der Waals surface area contributed by atoms with Crippen LogP contribution < -0.4 is 4.90 Å². The Hall–Kier alpha value is -3.39. The molecule has 184 valence electrons. The van der Waals surface area contributed by atoms with E-state index in [2.05, 4.69) is 6.07 Å². The van der Waals surface area contributed by atoms with Crippen molar-refractivity contribution in [2.75, 3.05) is 44.3 Å². The number of fused-ring (bicyclic) bond motifs is 1. The van der Waals surface area contributed by atoms with Crippen LogP contribution in [0.15, 0.2) is 53.7 Å². The maximum Gasteiger partial charge on any atom is 0.340 e. The normalized spacial score (nSPS) is 14.3. The highest BCUT2D eigenvalue weighted by Crippen LogP contribution is 2.28. The summed E-state index contributed by atoms with van der Waals surface area (Å²) in [6, 6.07) is 12.3. The molecule has 1 fully saturated rings. The predicted octanol–water partition coefficient (Wildman–Crippen LogP) is 3.04. The average molecular weight is 497 g/mol. The fourth-order valence-electron chi connectivity index (χ4n) is 4.27. The van der Waals surface area contributed by atoms with E-state index in [1.165, 1.54) is 16.4 Å². The highest BCUT2D eigenvalue weighted by atomic mass is 32.2. The van der Waals surface area contributed by atoms with Crippen molar-refractivity contribution in [2.24, 2.45) is 0 Å². The van der Waals surface area contributed by atoms with E-state index < -0.39 is 16.0 Å². The van der Waals surface area contributed by atoms with E-state index in [1.54, 1.807) is 30.5 Å². The maximum absolute atomic E-state index is 13.3. The number of carbonyl (C=O) groups is 1. The maximum atomic E-state index is 13.3. The fourth-order valence-corrected chi connectivity index (χ4v) is 5.75. The van der Waals surface area contributed by atoms with Crippen molar-refractivity contribution in [1.29, 1.82) is 5.26 Å². The van der Waals surface area contributed by atoms with Crippen molar-refractivity contribution in [3.05, 3.63) is 65.5 Å². The SMILES string of the molecule is CCN(CC)S(=O)(=O)c1ccc(N2CCOCC2)c(C(=O)OCc2cn3ccccc3c2C#N)c1. The summed E-state index contributed by atoms with van der Waals surface area (Å²) in [4.78, 5) is 15.3. The van der Waals surface area contributed by atoms with Crippen LogP contribution in [0.2, 0.25) is 0 Å². The van der Waals surface area contributed by atoms with Crippen molar-refractivity contribution in [1.82, 2.24) is 8.71 Å². The second-order valence-corrected chi connectivity index (χ2v) is 10.0. The average Bonchev–Trinajstić information content (AvgIpc) is 3.25. The number of sulfonamides is 1. The number of anilines is 1. The highest BCUT2D eigenvalue weighted by molar-refractivity contribution is 7.89. The Morgan fingerprint density at radius 2 is 1.91 bits per heavy atom. The molecule has 0 radical (unpaired) electrons. The number of rotatable bonds is 8. The summed E-state index contributed by atoms with van der Waals surface area (Å²) in [5.41, 5.74) is 2.50. The molecule has 0 aliphatic carbocycles. The van der Waals surface area contributed by atoms with Gasteiger partial charge in [0.2, 0.25) is 10.0 Å². The monoisotopic (exact) mass is 496 g/mol. The molecule has 1 aromatic carbocycles. The van der Waals surface area contributed by atoms with Gasteiger partial charge in [-0.3, -0.25) is 0 Å². The first-order valence-electron chi connectivity index (χ1n) is 11.5. The number of ether oxygens (including phenoxy) is 2. The van der Waals surface area contributed by atoms with E-state index >= 15 is 0 Å². The summed E-state index contributed by atoms with van der Waals surface area (Å²) in [6.07, 6.45) is 3.57. The first-order valence-corrected chi connectivity index (χ1v) is 13.0. The predicted molar refractivity (Wildman–Crippen MR) is 131 cm³/mol. The van der Waals surface area contributed by atoms with Gasteiger partial charge >= 0.3 is 5.97 Å². The Kier molecular flexibility index (Phi) is 7.40. The molecular weight excluding hydrogens is 468 g/mol. The topological polar surface area (TPSA) is 104 Å². The lowest BCUT2D eigenvalue weighted by Gasteiger charge is -2.30. The van der Waals surface area contributed by atoms with Gasteiger partial charge < -0.3 is 18.8 Å². The van der Waals surface area contributed by atoms with E-state index in [9.17, 15) is 18.5 Å². The lowest BCUT2D eigenvalue weighted by atomic mass is 10.1. The summed E-state index contributed by atoms with van der Waals surface area (Å²) in [7, 11) is -3.76. The number of hydrogen-bond donors (Lipinski definition) is 0. The van der Waals surface area contributed by atoms with Gasteiger partial charge in [0, 0.05) is 44.1 Å². The molecule has 9 nitrogen and oxygen atoms in total. The number of carbonyl (C=O) groups excluding carboxylic acids is 1. The largest absolute Gasteiger partial charge is 0.457 e. The van der Waals surface area contributed by atoms with Crippen LogP contribution in [0.5, 0.6) is 0 Å². The van der Waals surface area contributed by atoms with Gasteiger partial charge in [0.25, 0.3) is 0 Å². The Bertz CT molecular complexity index is 1370. The van der Waals surface area contributed by atoms with Gasteiger partial charge in [-0.2, -0.15) is 9.57 Å². The molecule has 0 N–H and O–H groups in total. The number of hydrogen-bond acceptors (Lipinski definition) is 7. The van der Waals surface area contributed by atoms with Crippen LogP contribution in [-0.2, 0) is 26.1 Å². The van der Waals surface area contributed by atoms with Gasteiger partial charge in [-0.05, 0) is 30.3 Å². The molecule has 0 spiro atoms. The number of morpholine rings is 1. The van der Waals surface area contributed by atoms with Crippen molar-refractivity contribution in [2.45, 2.75) is 25.3 Å². The Morgan fingerprint density at radius 1 is 1.17 bits per heavy atom. The molecule has 3 heterocycles. The van der Waals surface area contributed by atoms with Crippen LogP contribution in [0.3, 0.4) is 0 Å². The van der Waals surface area contributed by atoms with Gasteiger partial charge in [-0.1, -0.05) is 19.9 Å². The number of pyridine rings is 1. The summed E-state index contributed by atoms with van der Waals surface area (Å²) in [5, 5.41) is 9.63. The number of nitrogens with zero attached hydrogens (tertiary/aromatic N) is 4. The Morgan fingerprint density at radius 3 is 2.60 bits per heavy atom. The molecule has 4 rings (SSSR count). The molecule has 0 bridgehead atoms. The number of benzene rings is 1. The summed E-state index contributed by atoms with van der Waals surface area (Å²) in [6.45, 7) is 6.25. The number of aromatic nitrogens is 1. The molecule has 2 aromatic heterocycles. The third-order valence-corrected chi connectivity index (χ3v) is 8.16. The van der Waals surface area contributed by atoms with E-state index in [1.807, 2.05) is 29.3 Å². The van der Waals surface area contributed by atoms with Crippen LogP contribution >= 0.6 is 0 Å². The minimum Gasteiger partial charge on any atom is -0.457 e. The highest BCUT2D eigenvalue weighted by Gasteiger charge is 2.27. The van der Waals surface area contributed by atoms with Gasteiger partial charge in [-0.25, -0.2) is 13.2 Å². The molecule has 35 heavy (non-hydrogen) atoms. The molecule has 3 aromatic rings. The molecule has 1 aliphatic rings. The van der Waals surface area contributed by atoms with E-state index in [0.717, 1.165) is 5.52 Å². The third-order valence-electron chi connectivity index (χ3n) is 6.12. The standard InChI is InChI=1S/C25H28N4O5S/c1-3-29(4-2)35(31,32)20-8-9-24(27-11-13-33-14-12-27)21(15-20)25(30)34-18-19-17-28-10-6-5-7-23(28)22(19)16-26/h5-10,15,17H,3-4,11-14,18H2,1-2H3. The second kappa shape index (κ2) is 10.5. The van der Waals surface area contributed by atoms with Crippen molar-refractivity contribution in [3.63, 3.8) is 0 Å². The van der Waals surface area contributed by atoms with Crippen LogP contribution in [0.4, 0.5) is 5.69 Å². The van der Waals surface area contributed by atoms with Crippen molar-refractivity contribution in [3.8, 4) is 6.07 Å². The summed E-state index contributed by atoms with van der Waals surface area (Å²) < 4.78 is 40.4. The van der Waals surface area contributed by atoms with Crippen LogP contribution in [-0.4, -0.2) is 62.5 Å². The molecule has 0 amide bonds. The van der Waals surface area contributed by atoms with Crippen molar-refractivity contribution < 1.29 is 22.7 Å². The summed E-state index contributed by atoms with van der Waals surface area (Å²) in [5.74, 6) is -0.651. The lowest BCUT2D eigenvalue weighted by molar-refractivity contribution is 0.0472. The Labute approximate surface area is 205 Å². The first-order chi connectivity index (χ1) is 16.9.